The van der Waals surface area contributed by atoms with Crippen molar-refractivity contribution in [3.05, 3.63) is 46.8 Å². The molecule has 2 aromatic rings. The lowest BCUT2D eigenvalue weighted by atomic mass is 10.1. The maximum atomic E-state index is 12.8. The van der Waals surface area contributed by atoms with Crippen LogP contribution in [0.3, 0.4) is 0 Å². The van der Waals surface area contributed by atoms with Crippen molar-refractivity contribution in [3.63, 3.8) is 0 Å². The van der Waals surface area contributed by atoms with E-state index in [1.165, 1.54) is 10.2 Å². The van der Waals surface area contributed by atoms with Gasteiger partial charge in [0.15, 0.2) is 0 Å². The van der Waals surface area contributed by atoms with Crippen LogP contribution in [0, 0.1) is 13.8 Å². The van der Waals surface area contributed by atoms with Crippen LogP contribution >= 0.6 is 0 Å². The summed E-state index contributed by atoms with van der Waals surface area (Å²) < 4.78 is 1.49. The molecule has 5 nitrogen and oxygen atoms in total. The summed E-state index contributed by atoms with van der Waals surface area (Å²) >= 11 is 0. The number of amides is 1. The third-order valence-electron chi connectivity index (χ3n) is 4.31. The first kappa shape index (κ1) is 18.9. The van der Waals surface area contributed by atoms with Crippen molar-refractivity contribution in [1.29, 1.82) is 0 Å². The first-order valence-electron chi connectivity index (χ1n) is 8.97. The number of hydrogen-bond donors (Lipinski definition) is 1. The second-order valence-electron chi connectivity index (χ2n) is 6.35. The zero-order chi connectivity index (χ0) is 18.4. The van der Waals surface area contributed by atoms with E-state index in [0.717, 1.165) is 37.1 Å². The van der Waals surface area contributed by atoms with Gasteiger partial charge in [-0.3, -0.25) is 9.59 Å². The van der Waals surface area contributed by atoms with E-state index in [9.17, 15) is 9.59 Å². The van der Waals surface area contributed by atoms with Gasteiger partial charge in [-0.15, -0.1) is 0 Å². The van der Waals surface area contributed by atoms with Gasteiger partial charge in [0.2, 0.25) is 5.91 Å². The van der Waals surface area contributed by atoms with Gasteiger partial charge in [0.1, 0.15) is 0 Å². The van der Waals surface area contributed by atoms with Crippen LogP contribution in [0.25, 0.3) is 0 Å². The van der Waals surface area contributed by atoms with Gasteiger partial charge in [-0.2, -0.15) is 5.10 Å². The van der Waals surface area contributed by atoms with E-state index in [-0.39, 0.29) is 11.8 Å². The molecule has 0 fully saturated rings. The molecule has 134 valence electrons. The number of anilines is 1. The number of carbonyl (C=O) groups is 2. The Morgan fingerprint density at radius 2 is 1.76 bits per heavy atom. The summed E-state index contributed by atoms with van der Waals surface area (Å²) in [5.41, 5.74) is 4.26. The first-order chi connectivity index (χ1) is 12.0. The van der Waals surface area contributed by atoms with E-state index in [0.29, 0.717) is 17.7 Å². The number of nitrogens with zero attached hydrogens (tertiary/aromatic N) is 2. The molecule has 25 heavy (non-hydrogen) atoms. The standard InChI is InChI=1S/C20H27N3O2/c1-5-7-9-18-14(3)22-23(15(18)4)20(25)16-10-12-17(13-11-16)21-19(24)8-6-2/h10-13H,5-9H2,1-4H3,(H,21,24). The lowest BCUT2D eigenvalue weighted by Gasteiger charge is -2.07. The third kappa shape index (κ3) is 4.56. The largest absolute Gasteiger partial charge is 0.326 e. The van der Waals surface area contributed by atoms with E-state index in [1.807, 2.05) is 20.8 Å². The summed E-state index contributed by atoms with van der Waals surface area (Å²) in [5, 5.41) is 7.26. The molecule has 0 atom stereocenters. The molecule has 0 saturated carbocycles. The van der Waals surface area contributed by atoms with Crippen LogP contribution in [-0.4, -0.2) is 21.6 Å². The van der Waals surface area contributed by atoms with E-state index < -0.39 is 0 Å². The second kappa shape index (κ2) is 8.60. The number of unbranched alkanes of at least 4 members (excludes halogenated alkanes) is 1. The van der Waals surface area contributed by atoms with Gasteiger partial charge in [0.05, 0.1) is 5.69 Å². The molecule has 2 rings (SSSR count). The lowest BCUT2D eigenvalue weighted by Crippen LogP contribution is -2.16. The Morgan fingerprint density at radius 1 is 1.08 bits per heavy atom. The smallest absolute Gasteiger partial charge is 0.278 e. The number of carbonyl (C=O) groups excluding carboxylic acids is 2. The van der Waals surface area contributed by atoms with Crippen molar-refractivity contribution in [2.45, 2.75) is 59.8 Å². The molecule has 1 aromatic heterocycles. The minimum atomic E-state index is -0.144. The van der Waals surface area contributed by atoms with E-state index in [2.05, 4.69) is 17.3 Å². The van der Waals surface area contributed by atoms with Gasteiger partial charge >= 0.3 is 0 Å². The van der Waals surface area contributed by atoms with Crippen LogP contribution in [0.15, 0.2) is 24.3 Å². The Balaban J connectivity index is 2.17. The molecule has 0 radical (unpaired) electrons. The predicted molar refractivity (Wildman–Crippen MR) is 100 cm³/mol. The summed E-state index contributed by atoms with van der Waals surface area (Å²) in [4.78, 5) is 24.4. The topological polar surface area (TPSA) is 64.0 Å². The Morgan fingerprint density at radius 3 is 2.36 bits per heavy atom. The molecule has 0 aliphatic rings. The Bertz CT molecular complexity index is 745. The van der Waals surface area contributed by atoms with Crippen LogP contribution in [0.1, 0.15) is 66.8 Å². The van der Waals surface area contributed by atoms with Crippen LogP contribution in [-0.2, 0) is 11.2 Å². The highest BCUT2D eigenvalue weighted by Crippen LogP contribution is 2.18. The molecule has 0 saturated heterocycles. The molecule has 1 N–H and O–H groups in total. The highest BCUT2D eigenvalue weighted by molar-refractivity contribution is 5.97. The second-order valence-corrected chi connectivity index (χ2v) is 6.35. The van der Waals surface area contributed by atoms with Gasteiger partial charge < -0.3 is 5.32 Å². The lowest BCUT2D eigenvalue weighted by molar-refractivity contribution is -0.116. The highest BCUT2D eigenvalue weighted by Gasteiger charge is 2.17. The maximum Gasteiger partial charge on any atom is 0.278 e. The van der Waals surface area contributed by atoms with Crippen LogP contribution in [0.4, 0.5) is 5.69 Å². The molecule has 1 aromatic carbocycles. The van der Waals surface area contributed by atoms with Crippen molar-refractivity contribution >= 4 is 17.5 Å². The predicted octanol–water partition coefficient (Wildman–Crippen LogP) is 4.27. The molecule has 0 unspecified atom stereocenters. The third-order valence-corrected chi connectivity index (χ3v) is 4.31. The number of nitrogens with one attached hydrogen (secondary N) is 1. The van der Waals surface area contributed by atoms with Crippen molar-refractivity contribution < 1.29 is 9.59 Å². The maximum absolute atomic E-state index is 12.8. The van der Waals surface area contributed by atoms with Gasteiger partial charge in [0, 0.05) is 23.4 Å². The molecular formula is C20H27N3O2. The number of aryl methyl sites for hydroxylation is 1. The number of rotatable bonds is 7. The Kier molecular flexibility index (Phi) is 6.51. The molecule has 0 spiro atoms. The fourth-order valence-corrected chi connectivity index (χ4v) is 2.86. The normalized spacial score (nSPS) is 10.7. The summed E-state index contributed by atoms with van der Waals surface area (Å²) in [6.07, 6.45) is 4.45. The quantitative estimate of drug-likeness (QED) is 0.818. The molecule has 0 aliphatic carbocycles. The van der Waals surface area contributed by atoms with Crippen molar-refractivity contribution in [2.75, 3.05) is 5.32 Å². The Hall–Kier alpha value is -2.43. The summed E-state index contributed by atoms with van der Waals surface area (Å²) in [6.45, 7) is 8.02. The van der Waals surface area contributed by atoms with Gasteiger partial charge in [-0.05, 0) is 62.9 Å². The fourth-order valence-electron chi connectivity index (χ4n) is 2.86. The minimum absolute atomic E-state index is 0.0133. The molecule has 1 amide bonds. The van der Waals surface area contributed by atoms with Gasteiger partial charge in [-0.25, -0.2) is 4.68 Å². The zero-order valence-corrected chi connectivity index (χ0v) is 15.6. The zero-order valence-electron chi connectivity index (χ0n) is 15.6. The van der Waals surface area contributed by atoms with Crippen molar-refractivity contribution in [1.82, 2.24) is 9.78 Å². The SMILES string of the molecule is CCCCc1c(C)nn(C(=O)c2ccc(NC(=O)CCC)cc2)c1C. The first-order valence-corrected chi connectivity index (χ1v) is 8.97. The molecular weight excluding hydrogens is 314 g/mol. The van der Waals surface area contributed by atoms with E-state index >= 15 is 0 Å². The average molecular weight is 341 g/mol. The number of benzene rings is 1. The summed E-state index contributed by atoms with van der Waals surface area (Å²) in [6, 6.07) is 6.97. The van der Waals surface area contributed by atoms with Gasteiger partial charge in [0.25, 0.3) is 5.91 Å². The molecule has 0 aliphatic heterocycles. The summed E-state index contributed by atoms with van der Waals surface area (Å²) in [5.74, 6) is -0.157. The van der Waals surface area contributed by atoms with E-state index in [4.69, 9.17) is 0 Å². The van der Waals surface area contributed by atoms with Crippen molar-refractivity contribution in [3.8, 4) is 0 Å². The van der Waals surface area contributed by atoms with Gasteiger partial charge in [-0.1, -0.05) is 20.3 Å². The molecule has 1 heterocycles. The average Bonchev–Trinajstić information content (AvgIpc) is 2.87. The molecule has 5 heteroatoms. The highest BCUT2D eigenvalue weighted by atomic mass is 16.2. The Labute approximate surface area is 149 Å². The number of aromatic nitrogens is 2. The van der Waals surface area contributed by atoms with Crippen LogP contribution in [0.2, 0.25) is 0 Å². The molecule has 0 bridgehead atoms. The summed E-state index contributed by atoms with van der Waals surface area (Å²) in [7, 11) is 0. The van der Waals surface area contributed by atoms with Crippen molar-refractivity contribution in [2.24, 2.45) is 0 Å². The van der Waals surface area contributed by atoms with Crippen LogP contribution < -0.4 is 5.32 Å². The monoisotopic (exact) mass is 341 g/mol. The number of hydrogen-bond acceptors (Lipinski definition) is 3. The minimum Gasteiger partial charge on any atom is -0.326 e. The van der Waals surface area contributed by atoms with E-state index in [1.54, 1.807) is 24.3 Å². The fraction of sp³-hybridized carbons (Fsp3) is 0.450. The van der Waals surface area contributed by atoms with Crippen LogP contribution in [0.5, 0.6) is 0 Å².